The third-order valence-corrected chi connectivity index (χ3v) is 7.70. The van der Waals surface area contributed by atoms with Crippen LogP contribution in [0.5, 0.6) is 0 Å². The largest absolute Gasteiger partial charge is 0.353 e. The number of aromatic nitrogens is 1. The number of fused-ring (bicyclic) bond motifs is 3. The van der Waals surface area contributed by atoms with E-state index in [0.29, 0.717) is 5.56 Å². The summed E-state index contributed by atoms with van der Waals surface area (Å²) in [4.78, 5) is 24.4. The Morgan fingerprint density at radius 1 is 0.882 bits per heavy atom. The number of carbonyl (C=O) groups is 1. The molecule has 0 spiro atoms. The van der Waals surface area contributed by atoms with Crippen LogP contribution in [-0.4, -0.2) is 49.0 Å². The molecule has 34 heavy (non-hydrogen) atoms. The maximum absolute atomic E-state index is 13.8. The Bertz CT molecular complexity index is 1300. The molecule has 6 rings (SSSR count). The van der Waals surface area contributed by atoms with Gasteiger partial charge < -0.3 is 15.1 Å². The van der Waals surface area contributed by atoms with Crippen molar-refractivity contribution in [1.82, 2.24) is 15.2 Å². The lowest BCUT2D eigenvalue weighted by atomic mass is 10.0. The summed E-state index contributed by atoms with van der Waals surface area (Å²) in [6.45, 7) is 3.62. The van der Waals surface area contributed by atoms with Crippen LogP contribution in [0.25, 0.3) is 21.7 Å². The number of hydrogen-bond donors (Lipinski definition) is 1. The van der Waals surface area contributed by atoms with E-state index >= 15 is 0 Å². The quantitative estimate of drug-likeness (QED) is 0.457. The minimum atomic E-state index is -0.169. The van der Waals surface area contributed by atoms with E-state index in [4.69, 9.17) is 4.98 Å². The van der Waals surface area contributed by atoms with Crippen molar-refractivity contribution in [3.05, 3.63) is 94.9 Å². The summed E-state index contributed by atoms with van der Waals surface area (Å²) in [5.41, 5.74) is 6.20. The van der Waals surface area contributed by atoms with E-state index in [1.165, 1.54) is 11.1 Å². The van der Waals surface area contributed by atoms with Crippen LogP contribution in [0.4, 0.5) is 5.82 Å². The molecule has 1 aliphatic heterocycles. The monoisotopic (exact) mass is 466 g/mol. The molecule has 1 aliphatic carbocycles. The number of benzene rings is 2. The lowest BCUT2D eigenvalue weighted by Crippen LogP contribution is -2.45. The topological polar surface area (TPSA) is 48.5 Å². The first kappa shape index (κ1) is 21.1. The molecule has 0 radical (unpaired) electrons. The van der Waals surface area contributed by atoms with Gasteiger partial charge in [0.2, 0.25) is 0 Å². The second kappa shape index (κ2) is 8.70. The zero-order valence-corrected chi connectivity index (χ0v) is 19.9. The van der Waals surface area contributed by atoms with Gasteiger partial charge in [0.1, 0.15) is 5.82 Å². The van der Waals surface area contributed by atoms with Gasteiger partial charge in [0, 0.05) is 26.2 Å². The first-order chi connectivity index (χ1) is 16.7. The molecule has 1 N–H and O–H groups in total. The predicted molar refractivity (Wildman–Crippen MR) is 138 cm³/mol. The summed E-state index contributed by atoms with van der Waals surface area (Å²) in [5.74, 6) is 0.687. The highest BCUT2D eigenvalue weighted by molar-refractivity contribution is 7.13. The Morgan fingerprint density at radius 2 is 1.56 bits per heavy atom. The summed E-state index contributed by atoms with van der Waals surface area (Å²) < 4.78 is 0. The molecule has 5 nitrogen and oxygen atoms in total. The lowest BCUT2D eigenvalue weighted by molar-refractivity contribution is 0.0943. The maximum atomic E-state index is 13.8. The number of hydrogen-bond acceptors (Lipinski definition) is 5. The third kappa shape index (κ3) is 3.69. The number of piperazine rings is 1. The highest BCUT2D eigenvalue weighted by atomic mass is 32.1. The Morgan fingerprint density at radius 3 is 2.21 bits per heavy atom. The molecule has 1 saturated heterocycles. The average Bonchev–Trinajstić information content (AvgIpc) is 3.52. The van der Waals surface area contributed by atoms with Crippen LogP contribution in [-0.2, 0) is 0 Å². The van der Waals surface area contributed by atoms with Crippen LogP contribution in [0, 0.1) is 0 Å². The molecule has 3 heterocycles. The molecule has 2 aliphatic rings. The number of rotatable bonds is 4. The van der Waals surface area contributed by atoms with E-state index in [-0.39, 0.29) is 11.9 Å². The third-order valence-electron chi connectivity index (χ3n) is 6.81. The zero-order valence-electron chi connectivity index (χ0n) is 19.1. The minimum absolute atomic E-state index is 0.0873. The van der Waals surface area contributed by atoms with Crippen LogP contribution in [0.3, 0.4) is 0 Å². The smallest absolute Gasteiger partial charge is 0.255 e. The summed E-state index contributed by atoms with van der Waals surface area (Å²) in [6, 6.07) is 24.5. The van der Waals surface area contributed by atoms with E-state index in [9.17, 15) is 4.79 Å². The van der Waals surface area contributed by atoms with Crippen molar-refractivity contribution in [3.63, 3.8) is 0 Å². The number of amides is 1. The molecule has 0 unspecified atom stereocenters. The van der Waals surface area contributed by atoms with Crippen LogP contribution in [0.15, 0.2) is 78.2 Å². The first-order valence-corrected chi connectivity index (χ1v) is 12.5. The highest BCUT2D eigenvalue weighted by Gasteiger charge is 2.31. The number of nitrogens with zero attached hydrogens (tertiary/aromatic N) is 3. The van der Waals surface area contributed by atoms with Gasteiger partial charge in [-0.25, -0.2) is 4.98 Å². The van der Waals surface area contributed by atoms with Gasteiger partial charge in [-0.1, -0.05) is 54.6 Å². The van der Waals surface area contributed by atoms with Crippen LogP contribution >= 0.6 is 11.3 Å². The first-order valence-electron chi connectivity index (χ1n) is 11.7. The van der Waals surface area contributed by atoms with Crippen molar-refractivity contribution in [2.45, 2.75) is 6.04 Å². The van der Waals surface area contributed by atoms with Gasteiger partial charge in [-0.05, 0) is 52.9 Å². The molecule has 1 fully saturated rings. The van der Waals surface area contributed by atoms with E-state index in [0.717, 1.165) is 53.7 Å². The van der Waals surface area contributed by atoms with Gasteiger partial charge in [-0.15, -0.1) is 11.3 Å². The number of likely N-dealkylation sites (N-methyl/N-ethyl adjacent to an activating group) is 1. The number of nitrogens with one attached hydrogen (secondary N) is 1. The highest BCUT2D eigenvalue weighted by Crippen LogP contribution is 2.43. The van der Waals surface area contributed by atoms with E-state index < -0.39 is 0 Å². The maximum Gasteiger partial charge on any atom is 0.255 e. The predicted octanol–water partition coefficient (Wildman–Crippen LogP) is 5.06. The Balaban J connectivity index is 1.37. The number of thiophene rings is 1. The van der Waals surface area contributed by atoms with Crippen molar-refractivity contribution in [1.29, 1.82) is 0 Å². The van der Waals surface area contributed by atoms with Crippen molar-refractivity contribution in [2.75, 3.05) is 38.1 Å². The lowest BCUT2D eigenvalue weighted by Gasteiger charge is -2.34. The summed E-state index contributed by atoms with van der Waals surface area (Å²) in [7, 11) is 2.13. The summed E-state index contributed by atoms with van der Waals surface area (Å²) in [6.07, 6.45) is 0. The number of carbonyl (C=O) groups excluding carboxylic acids is 1. The molecule has 2 aromatic heterocycles. The molecule has 0 atom stereocenters. The second-order valence-corrected chi connectivity index (χ2v) is 9.86. The van der Waals surface area contributed by atoms with E-state index in [2.05, 4.69) is 70.0 Å². The fourth-order valence-electron chi connectivity index (χ4n) is 4.97. The molecule has 6 heteroatoms. The number of pyridine rings is 1. The second-order valence-electron chi connectivity index (χ2n) is 8.92. The molecular weight excluding hydrogens is 440 g/mol. The molecule has 4 aromatic rings. The normalized spacial score (nSPS) is 15.7. The van der Waals surface area contributed by atoms with Crippen molar-refractivity contribution in [3.8, 4) is 21.7 Å². The summed E-state index contributed by atoms with van der Waals surface area (Å²) in [5, 5.41) is 5.39. The number of anilines is 1. The standard InChI is InChI=1S/C28H26N4OS/c1-31-14-16-32(17-15-31)27-23(12-13-24(29-27)25-11-6-18-34-25)28(33)30-26-21-9-4-2-7-19(21)20-8-3-5-10-22(20)26/h2-13,18,26H,14-17H2,1H3,(H,30,33). The van der Waals surface area contributed by atoms with Gasteiger partial charge in [-0.2, -0.15) is 0 Å². The van der Waals surface area contributed by atoms with Gasteiger partial charge in [0.05, 0.1) is 22.2 Å². The minimum Gasteiger partial charge on any atom is -0.353 e. The van der Waals surface area contributed by atoms with Gasteiger partial charge in [-0.3, -0.25) is 4.79 Å². The Hall–Kier alpha value is -3.48. The molecule has 1 amide bonds. The average molecular weight is 467 g/mol. The fourth-order valence-corrected chi connectivity index (χ4v) is 5.66. The fraction of sp³-hybridized carbons (Fsp3) is 0.214. The molecule has 170 valence electrons. The van der Waals surface area contributed by atoms with Crippen LogP contribution < -0.4 is 10.2 Å². The Kier molecular flexibility index (Phi) is 5.40. The molecule has 0 saturated carbocycles. The van der Waals surface area contributed by atoms with E-state index in [1.54, 1.807) is 11.3 Å². The van der Waals surface area contributed by atoms with Gasteiger partial charge in [0.25, 0.3) is 5.91 Å². The van der Waals surface area contributed by atoms with Gasteiger partial charge >= 0.3 is 0 Å². The zero-order chi connectivity index (χ0) is 23.1. The molecular formula is C28H26N4OS. The molecule has 0 bridgehead atoms. The van der Waals surface area contributed by atoms with Crippen LogP contribution in [0.2, 0.25) is 0 Å². The van der Waals surface area contributed by atoms with Crippen molar-refractivity contribution < 1.29 is 4.79 Å². The van der Waals surface area contributed by atoms with Gasteiger partial charge in [0.15, 0.2) is 0 Å². The SMILES string of the molecule is CN1CCN(c2nc(-c3cccs3)ccc2C(=O)NC2c3ccccc3-c3ccccc32)CC1. The van der Waals surface area contributed by atoms with Crippen molar-refractivity contribution in [2.24, 2.45) is 0 Å². The summed E-state index contributed by atoms with van der Waals surface area (Å²) >= 11 is 1.67. The van der Waals surface area contributed by atoms with E-state index in [1.807, 2.05) is 30.3 Å². The molecule has 2 aromatic carbocycles. The van der Waals surface area contributed by atoms with Crippen molar-refractivity contribution >= 4 is 23.1 Å². The Labute approximate surface area is 203 Å². The van der Waals surface area contributed by atoms with Crippen LogP contribution in [0.1, 0.15) is 27.5 Å².